The Morgan fingerprint density at radius 2 is 2.11 bits per heavy atom. The summed E-state index contributed by atoms with van der Waals surface area (Å²) in [5.41, 5.74) is 3.93. The number of amides is 1. The lowest BCUT2D eigenvalue weighted by Crippen LogP contribution is -2.38. The zero-order chi connectivity index (χ0) is 19.0. The molecule has 1 aromatic carbocycles. The molecule has 2 heterocycles. The Kier molecular flexibility index (Phi) is 4.91. The monoisotopic (exact) mass is 368 g/mol. The van der Waals surface area contributed by atoms with Gasteiger partial charge in [0.2, 0.25) is 5.91 Å². The van der Waals surface area contributed by atoms with Crippen LogP contribution in [0.25, 0.3) is 0 Å². The van der Waals surface area contributed by atoms with Crippen molar-refractivity contribution in [2.75, 3.05) is 20.7 Å². The van der Waals surface area contributed by atoms with Crippen molar-refractivity contribution in [1.29, 1.82) is 0 Å². The summed E-state index contributed by atoms with van der Waals surface area (Å²) in [6.07, 6.45) is 7.74. The summed E-state index contributed by atoms with van der Waals surface area (Å²) in [5, 5.41) is 8.04. The summed E-state index contributed by atoms with van der Waals surface area (Å²) in [7, 11) is 5.54. The van der Waals surface area contributed by atoms with Crippen LogP contribution < -0.4 is 10.1 Å². The number of nitrogens with zero attached hydrogens (tertiary/aromatic N) is 3. The Hall–Kier alpha value is -2.34. The van der Waals surface area contributed by atoms with E-state index >= 15 is 0 Å². The van der Waals surface area contributed by atoms with Gasteiger partial charge in [0.25, 0.3) is 0 Å². The number of hydrogen-bond donors (Lipinski definition) is 1. The fraction of sp³-hybridized carbons (Fsp3) is 0.524. The first kappa shape index (κ1) is 18.0. The van der Waals surface area contributed by atoms with Gasteiger partial charge in [0, 0.05) is 50.8 Å². The molecule has 0 bridgehead atoms. The fourth-order valence-corrected chi connectivity index (χ4v) is 4.58. The van der Waals surface area contributed by atoms with Gasteiger partial charge in [-0.05, 0) is 42.5 Å². The van der Waals surface area contributed by atoms with Crippen LogP contribution in [0.5, 0.6) is 5.75 Å². The number of aromatic nitrogens is 2. The number of ether oxygens (including phenoxy) is 1. The number of methoxy groups -OCH3 is 1. The molecule has 2 aliphatic rings. The van der Waals surface area contributed by atoms with E-state index in [0.717, 1.165) is 37.1 Å². The summed E-state index contributed by atoms with van der Waals surface area (Å²) in [4.78, 5) is 14.2. The number of carbonyl (C=O) groups is 1. The van der Waals surface area contributed by atoms with Gasteiger partial charge in [-0.2, -0.15) is 5.10 Å². The van der Waals surface area contributed by atoms with Crippen LogP contribution in [0.1, 0.15) is 35.6 Å². The molecule has 6 nitrogen and oxygen atoms in total. The molecule has 0 radical (unpaired) electrons. The average molecular weight is 368 g/mol. The van der Waals surface area contributed by atoms with Crippen LogP contribution in [0, 0.1) is 5.92 Å². The topological polar surface area (TPSA) is 59.4 Å². The van der Waals surface area contributed by atoms with E-state index in [1.54, 1.807) is 7.11 Å². The van der Waals surface area contributed by atoms with E-state index in [0.29, 0.717) is 12.5 Å². The van der Waals surface area contributed by atoms with E-state index in [2.05, 4.69) is 22.5 Å². The van der Waals surface area contributed by atoms with Crippen molar-refractivity contribution in [1.82, 2.24) is 20.0 Å². The van der Waals surface area contributed by atoms with Crippen LogP contribution in [-0.4, -0.2) is 47.3 Å². The Labute approximate surface area is 160 Å². The Morgan fingerprint density at radius 3 is 2.85 bits per heavy atom. The largest absolute Gasteiger partial charge is 0.497 e. The van der Waals surface area contributed by atoms with Gasteiger partial charge in [-0.3, -0.25) is 9.48 Å². The molecular weight excluding hydrogens is 340 g/mol. The maximum atomic E-state index is 12.3. The number of rotatable bonds is 5. The summed E-state index contributed by atoms with van der Waals surface area (Å²) in [5.74, 6) is 1.42. The number of aryl methyl sites for hydroxylation is 2. The van der Waals surface area contributed by atoms with E-state index in [4.69, 9.17) is 4.74 Å². The van der Waals surface area contributed by atoms with Crippen LogP contribution in [0.4, 0.5) is 0 Å². The number of hydrogen-bond acceptors (Lipinski definition) is 4. The van der Waals surface area contributed by atoms with Crippen molar-refractivity contribution >= 4 is 5.91 Å². The first-order valence-corrected chi connectivity index (χ1v) is 9.68. The predicted octanol–water partition coefficient (Wildman–Crippen LogP) is 2.10. The van der Waals surface area contributed by atoms with Crippen molar-refractivity contribution in [3.63, 3.8) is 0 Å². The molecule has 0 spiro atoms. The van der Waals surface area contributed by atoms with E-state index in [1.807, 2.05) is 42.1 Å². The molecule has 0 saturated carbocycles. The molecule has 1 aliphatic carbocycles. The zero-order valence-corrected chi connectivity index (χ0v) is 16.3. The lowest BCUT2D eigenvalue weighted by Gasteiger charge is -2.29. The lowest BCUT2D eigenvalue weighted by atomic mass is 9.87. The van der Waals surface area contributed by atoms with Gasteiger partial charge >= 0.3 is 0 Å². The molecule has 4 rings (SSSR count). The molecule has 1 aromatic heterocycles. The summed E-state index contributed by atoms with van der Waals surface area (Å²) in [6.45, 7) is 0.847. The van der Waals surface area contributed by atoms with Crippen molar-refractivity contribution in [3.8, 4) is 5.75 Å². The smallest absolute Gasteiger partial charge is 0.223 e. The highest BCUT2D eigenvalue weighted by atomic mass is 16.5. The second-order valence-corrected chi connectivity index (χ2v) is 7.84. The van der Waals surface area contributed by atoms with E-state index in [-0.39, 0.29) is 17.9 Å². The van der Waals surface area contributed by atoms with Gasteiger partial charge in [0.05, 0.1) is 19.3 Å². The minimum atomic E-state index is 0.106. The number of likely N-dealkylation sites (tertiary alicyclic amines) is 1. The Bertz CT molecular complexity index is 831. The van der Waals surface area contributed by atoms with Crippen LogP contribution in [0.15, 0.2) is 30.6 Å². The maximum absolute atomic E-state index is 12.3. The van der Waals surface area contributed by atoms with Crippen LogP contribution >= 0.6 is 0 Å². The molecule has 2 aromatic rings. The highest BCUT2D eigenvalue weighted by Gasteiger charge is 2.39. The SMILES string of the molecule is COc1ccc2c(c1)CC(NC[C@@H]1CC(=O)N(C)[C@H]1c1cnn(C)c1)CC2. The number of fused-ring (bicyclic) bond motifs is 1. The summed E-state index contributed by atoms with van der Waals surface area (Å²) >= 11 is 0. The normalized spacial score (nSPS) is 24.9. The quantitative estimate of drug-likeness (QED) is 0.878. The molecule has 1 amide bonds. The van der Waals surface area contributed by atoms with Crippen LogP contribution in [0.2, 0.25) is 0 Å². The third kappa shape index (κ3) is 3.58. The average Bonchev–Trinajstić information content (AvgIpc) is 3.22. The minimum absolute atomic E-state index is 0.106. The summed E-state index contributed by atoms with van der Waals surface area (Å²) < 4.78 is 7.18. The number of benzene rings is 1. The lowest BCUT2D eigenvalue weighted by molar-refractivity contribution is -0.127. The van der Waals surface area contributed by atoms with Gasteiger partial charge in [-0.25, -0.2) is 0 Å². The van der Waals surface area contributed by atoms with Gasteiger partial charge < -0.3 is 15.0 Å². The minimum Gasteiger partial charge on any atom is -0.497 e. The molecular formula is C21H28N4O2. The predicted molar refractivity (Wildman–Crippen MR) is 104 cm³/mol. The van der Waals surface area contributed by atoms with Crippen molar-refractivity contribution in [2.24, 2.45) is 13.0 Å². The number of nitrogens with one attached hydrogen (secondary N) is 1. The van der Waals surface area contributed by atoms with Gasteiger partial charge in [0.1, 0.15) is 5.75 Å². The highest BCUT2D eigenvalue weighted by molar-refractivity contribution is 5.79. The fourth-order valence-electron chi connectivity index (χ4n) is 4.58. The van der Waals surface area contributed by atoms with E-state index in [9.17, 15) is 4.79 Å². The van der Waals surface area contributed by atoms with Gasteiger partial charge in [0.15, 0.2) is 0 Å². The van der Waals surface area contributed by atoms with Crippen molar-refractivity contribution in [3.05, 3.63) is 47.3 Å². The standard InChI is InChI=1S/C21H28N4O2/c1-24-13-17(12-23-24)21-16(10-20(26)25(21)2)11-22-18-6-4-14-5-7-19(27-3)9-15(14)8-18/h5,7,9,12-13,16,18,21-22H,4,6,8,10-11H2,1-3H3/t16-,18?,21+/m0/s1. The molecule has 3 atom stereocenters. The van der Waals surface area contributed by atoms with Crippen LogP contribution in [-0.2, 0) is 24.7 Å². The molecule has 1 fully saturated rings. The third-order valence-corrected chi connectivity index (χ3v) is 6.07. The molecule has 6 heteroatoms. The number of carbonyl (C=O) groups excluding carboxylic acids is 1. The molecule has 1 N–H and O–H groups in total. The molecule has 1 saturated heterocycles. The first-order valence-electron chi connectivity index (χ1n) is 9.68. The van der Waals surface area contributed by atoms with E-state index in [1.165, 1.54) is 11.1 Å². The van der Waals surface area contributed by atoms with Gasteiger partial charge in [-0.15, -0.1) is 0 Å². The summed E-state index contributed by atoms with van der Waals surface area (Å²) in [6, 6.07) is 6.95. The molecule has 1 unspecified atom stereocenters. The molecule has 144 valence electrons. The first-order chi connectivity index (χ1) is 13.0. The zero-order valence-electron chi connectivity index (χ0n) is 16.3. The van der Waals surface area contributed by atoms with Crippen LogP contribution in [0.3, 0.4) is 0 Å². The Balaban J connectivity index is 1.42. The van der Waals surface area contributed by atoms with Crippen molar-refractivity contribution in [2.45, 2.75) is 37.8 Å². The second-order valence-electron chi connectivity index (χ2n) is 7.84. The second kappa shape index (κ2) is 7.35. The van der Waals surface area contributed by atoms with Crippen molar-refractivity contribution < 1.29 is 9.53 Å². The maximum Gasteiger partial charge on any atom is 0.223 e. The van der Waals surface area contributed by atoms with Gasteiger partial charge in [-0.1, -0.05) is 6.07 Å². The third-order valence-electron chi connectivity index (χ3n) is 6.07. The molecule has 1 aliphatic heterocycles. The molecule has 27 heavy (non-hydrogen) atoms. The van der Waals surface area contributed by atoms with E-state index < -0.39 is 0 Å². The Morgan fingerprint density at radius 1 is 1.26 bits per heavy atom. The highest BCUT2D eigenvalue weighted by Crippen LogP contribution is 2.36.